The Kier molecular flexibility index (Phi) is 4.33. The van der Waals surface area contributed by atoms with E-state index < -0.39 is 0 Å². The van der Waals surface area contributed by atoms with Gasteiger partial charge in [-0.1, -0.05) is 12.1 Å². The van der Waals surface area contributed by atoms with E-state index in [1.165, 1.54) is 0 Å². The largest absolute Gasteiger partial charge is 0.399 e. The molecular weight excluding hydrogens is 250 g/mol. The number of nitrogen functional groups attached to an aromatic ring is 1. The highest BCUT2D eigenvalue weighted by molar-refractivity contribution is 5.76. The number of hydrogen-bond acceptors (Lipinski definition) is 3. The van der Waals surface area contributed by atoms with Crippen LogP contribution in [0.1, 0.15) is 25.8 Å². The maximum absolute atomic E-state index is 12.3. The van der Waals surface area contributed by atoms with Crippen molar-refractivity contribution in [2.75, 3.05) is 32.4 Å². The van der Waals surface area contributed by atoms with Gasteiger partial charge in [-0.2, -0.15) is 0 Å². The van der Waals surface area contributed by atoms with Crippen molar-refractivity contribution in [3.8, 4) is 0 Å². The second-order valence-corrected chi connectivity index (χ2v) is 6.29. The minimum absolute atomic E-state index is 0.0606. The Morgan fingerprint density at radius 1 is 1.35 bits per heavy atom. The van der Waals surface area contributed by atoms with Crippen molar-refractivity contribution < 1.29 is 4.79 Å². The van der Waals surface area contributed by atoms with Crippen LogP contribution < -0.4 is 5.73 Å². The first-order valence-electron chi connectivity index (χ1n) is 7.22. The Bertz CT molecular complexity index is 484. The molecule has 0 spiro atoms. The molecule has 1 aromatic carbocycles. The molecule has 1 aliphatic rings. The number of anilines is 1. The van der Waals surface area contributed by atoms with E-state index in [9.17, 15) is 4.79 Å². The van der Waals surface area contributed by atoms with Crippen LogP contribution in [0.3, 0.4) is 0 Å². The number of rotatable bonds is 3. The number of amides is 1. The van der Waals surface area contributed by atoms with Crippen LogP contribution in [0.5, 0.6) is 0 Å². The number of likely N-dealkylation sites (N-methyl/N-ethyl adjacent to an activating group) is 1. The molecule has 1 fully saturated rings. The minimum atomic E-state index is 0.0606. The molecular formula is C16H25N3O. The van der Waals surface area contributed by atoms with E-state index >= 15 is 0 Å². The van der Waals surface area contributed by atoms with Crippen LogP contribution in [-0.2, 0) is 11.2 Å². The summed E-state index contributed by atoms with van der Waals surface area (Å²) in [5.74, 6) is 0.244. The van der Waals surface area contributed by atoms with E-state index in [1.54, 1.807) is 0 Å². The van der Waals surface area contributed by atoms with Crippen LogP contribution >= 0.6 is 0 Å². The number of benzene rings is 1. The second-order valence-electron chi connectivity index (χ2n) is 6.29. The zero-order valence-corrected chi connectivity index (χ0v) is 12.7. The predicted molar refractivity (Wildman–Crippen MR) is 82.5 cm³/mol. The number of nitrogens with two attached hydrogens (primary N) is 1. The van der Waals surface area contributed by atoms with Gasteiger partial charge in [-0.05, 0) is 45.0 Å². The van der Waals surface area contributed by atoms with E-state index in [0.717, 1.165) is 37.3 Å². The quantitative estimate of drug-likeness (QED) is 0.855. The number of nitrogens with zero attached hydrogens (tertiary/aromatic N) is 2. The van der Waals surface area contributed by atoms with Gasteiger partial charge in [0.25, 0.3) is 0 Å². The highest BCUT2D eigenvalue weighted by atomic mass is 16.2. The van der Waals surface area contributed by atoms with E-state index in [0.29, 0.717) is 6.42 Å². The third kappa shape index (κ3) is 3.51. The van der Waals surface area contributed by atoms with Crippen LogP contribution in [0, 0.1) is 0 Å². The zero-order chi connectivity index (χ0) is 14.8. The molecule has 0 aromatic heterocycles. The summed E-state index contributed by atoms with van der Waals surface area (Å²) in [6.07, 6.45) is 1.32. The number of aryl methyl sites for hydroxylation is 1. The SMILES string of the molecule is CN1CCN(C(=O)CCc2cccc(N)c2)CC1(C)C. The molecule has 1 heterocycles. The molecule has 0 bridgehead atoms. The molecule has 0 saturated carbocycles. The zero-order valence-electron chi connectivity index (χ0n) is 12.7. The fraction of sp³-hybridized carbons (Fsp3) is 0.562. The molecule has 0 atom stereocenters. The van der Waals surface area contributed by atoms with Crippen molar-refractivity contribution in [1.29, 1.82) is 0 Å². The highest BCUT2D eigenvalue weighted by Crippen LogP contribution is 2.20. The third-order valence-electron chi connectivity index (χ3n) is 4.25. The van der Waals surface area contributed by atoms with E-state index in [4.69, 9.17) is 5.73 Å². The summed E-state index contributed by atoms with van der Waals surface area (Å²) in [5, 5.41) is 0. The number of carbonyl (C=O) groups excluding carboxylic acids is 1. The molecule has 1 saturated heterocycles. The average Bonchev–Trinajstić information content (AvgIpc) is 2.39. The molecule has 1 aromatic rings. The predicted octanol–water partition coefficient (Wildman–Crippen LogP) is 1.75. The molecule has 0 aliphatic carbocycles. The topological polar surface area (TPSA) is 49.6 Å². The van der Waals surface area contributed by atoms with Crippen molar-refractivity contribution in [3.05, 3.63) is 29.8 Å². The molecule has 0 radical (unpaired) electrons. The van der Waals surface area contributed by atoms with Gasteiger partial charge >= 0.3 is 0 Å². The Morgan fingerprint density at radius 2 is 2.10 bits per heavy atom. The van der Waals surface area contributed by atoms with E-state index in [2.05, 4.69) is 25.8 Å². The van der Waals surface area contributed by atoms with Crippen molar-refractivity contribution in [2.24, 2.45) is 0 Å². The maximum Gasteiger partial charge on any atom is 0.223 e. The van der Waals surface area contributed by atoms with Crippen LogP contribution in [0.25, 0.3) is 0 Å². The van der Waals surface area contributed by atoms with Gasteiger partial charge in [0, 0.05) is 37.3 Å². The van der Waals surface area contributed by atoms with Gasteiger partial charge in [-0.15, -0.1) is 0 Å². The van der Waals surface area contributed by atoms with Gasteiger partial charge < -0.3 is 10.6 Å². The van der Waals surface area contributed by atoms with Crippen molar-refractivity contribution in [3.63, 3.8) is 0 Å². The third-order valence-corrected chi connectivity index (χ3v) is 4.25. The summed E-state index contributed by atoms with van der Waals surface area (Å²) >= 11 is 0. The average molecular weight is 275 g/mol. The van der Waals surface area contributed by atoms with Gasteiger partial charge in [0.1, 0.15) is 0 Å². The maximum atomic E-state index is 12.3. The Morgan fingerprint density at radius 3 is 2.75 bits per heavy atom. The van der Waals surface area contributed by atoms with Crippen molar-refractivity contribution in [1.82, 2.24) is 9.80 Å². The Hall–Kier alpha value is -1.55. The Balaban J connectivity index is 1.89. The van der Waals surface area contributed by atoms with Gasteiger partial charge in [0.2, 0.25) is 5.91 Å². The van der Waals surface area contributed by atoms with Gasteiger partial charge in [0.05, 0.1) is 0 Å². The lowest BCUT2D eigenvalue weighted by atomic mass is 9.99. The minimum Gasteiger partial charge on any atom is -0.399 e. The molecule has 20 heavy (non-hydrogen) atoms. The summed E-state index contributed by atoms with van der Waals surface area (Å²) < 4.78 is 0. The summed E-state index contributed by atoms with van der Waals surface area (Å²) in [7, 11) is 2.12. The number of hydrogen-bond donors (Lipinski definition) is 1. The molecule has 0 unspecified atom stereocenters. The summed E-state index contributed by atoms with van der Waals surface area (Å²) in [5.41, 5.74) is 7.71. The van der Waals surface area contributed by atoms with Crippen LogP contribution in [0.2, 0.25) is 0 Å². The Labute approximate surface area is 121 Å². The highest BCUT2D eigenvalue weighted by Gasteiger charge is 2.32. The van der Waals surface area contributed by atoms with E-state index in [1.807, 2.05) is 29.2 Å². The first-order valence-corrected chi connectivity index (χ1v) is 7.22. The summed E-state index contributed by atoms with van der Waals surface area (Å²) in [4.78, 5) is 16.6. The van der Waals surface area contributed by atoms with Gasteiger partial charge in [-0.25, -0.2) is 0 Å². The first-order chi connectivity index (χ1) is 9.38. The molecule has 4 heteroatoms. The fourth-order valence-electron chi connectivity index (χ4n) is 2.61. The summed E-state index contributed by atoms with van der Waals surface area (Å²) in [6, 6.07) is 7.78. The molecule has 1 aliphatic heterocycles. The van der Waals surface area contributed by atoms with Crippen molar-refractivity contribution >= 4 is 11.6 Å². The smallest absolute Gasteiger partial charge is 0.223 e. The molecule has 1 amide bonds. The lowest BCUT2D eigenvalue weighted by molar-refractivity contribution is -0.135. The van der Waals surface area contributed by atoms with Crippen LogP contribution in [0.15, 0.2) is 24.3 Å². The first kappa shape index (κ1) is 14.9. The van der Waals surface area contributed by atoms with Crippen LogP contribution in [0.4, 0.5) is 5.69 Å². The van der Waals surface area contributed by atoms with Gasteiger partial charge in [0.15, 0.2) is 0 Å². The fourth-order valence-corrected chi connectivity index (χ4v) is 2.61. The molecule has 2 N–H and O–H groups in total. The van der Waals surface area contributed by atoms with Gasteiger partial charge in [-0.3, -0.25) is 9.69 Å². The van der Waals surface area contributed by atoms with Crippen molar-refractivity contribution in [2.45, 2.75) is 32.2 Å². The normalized spacial score (nSPS) is 19.1. The number of carbonyl (C=O) groups is 1. The second kappa shape index (κ2) is 5.83. The molecule has 2 rings (SSSR count). The molecule has 4 nitrogen and oxygen atoms in total. The lowest BCUT2D eigenvalue weighted by Gasteiger charge is -2.45. The standard InChI is InChI=1S/C16H25N3O/c1-16(2)12-19(10-9-18(16)3)15(20)8-7-13-5-4-6-14(17)11-13/h4-6,11H,7-10,12,17H2,1-3H3. The molecule has 110 valence electrons. The monoisotopic (exact) mass is 275 g/mol. The van der Waals surface area contributed by atoms with E-state index in [-0.39, 0.29) is 11.4 Å². The summed E-state index contributed by atoms with van der Waals surface area (Å²) in [6.45, 7) is 6.95. The number of piperazine rings is 1. The lowest BCUT2D eigenvalue weighted by Crippen LogP contribution is -2.58. The van der Waals surface area contributed by atoms with Crippen LogP contribution in [-0.4, -0.2) is 47.9 Å².